The molecule has 0 bridgehead atoms. The summed E-state index contributed by atoms with van der Waals surface area (Å²) in [6.07, 6.45) is 6.48. The van der Waals surface area contributed by atoms with Crippen molar-refractivity contribution in [3.63, 3.8) is 0 Å². The van der Waals surface area contributed by atoms with Crippen LogP contribution in [-0.4, -0.2) is 34.3 Å². The number of rotatable bonds is 4. The Labute approximate surface area is 196 Å². The van der Waals surface area contributed by atoms with Crippen LogP contribution in [0.5, 0.6) is 0 Å². The highest BCUT2D eigenvalue weighted by molar-refractivity contribution is 5.98. The van der Waals surface area contributed by atoms with Crippen LogP contribution in [0, 0.1) is 6.92 Å². The molecular formula is C28H37NO4. The zero-order valence-corrected chi connectivity index (χ0v) is 20.5. The van der Waals surface area contributed by atoms with E-state index >= 15 is 0 Å². The van der Waals surface area contributed by atoms with Gasteiger partial charge in [0.05, 0.1) is 12.0 Å². The zero-order valence-electron chi connectivity index (χ0n) is 20.5. The number of fused-ring (bicyclic) bond motifs is 1. The largest absolute Gasteiger partial charge is 0.400 e. The smallest absolute Gasteiger partial charge is 0.258 e. The normalized spacial score (nSPS) is 14.2. The fourth-order valence-electron chi connectivity index (χ4n) is 4.36. The molecule has 0 aliphatic heterocycles. The molecule has 1 unspecified atom stereocenters. The lowest BCUT2D eigenvalue weighted by Crippen LogP contribution is -2.23. The van der Waals surface area contributed by atoms with E-state index in [0.29, 0.717) is 5.39 Å². The van der Waals surface area contributed by atoms with Gasteiger partial charge in [0.15, 0.2) is 0 Å². The minimum atomic E-state index is -0.358. The first-order chi connectivity index (χ1) is 15.9. The summed E-state index contributed by atoms with van der Waals surface area (Å²) in [6.45, 7) is 5.98. The Balaban J connectivity index is 0.000000411. The number of aliphatic hydroxyl groups excluding tert-OH is 2. The third-order valence-corrected chi connectivity index (χ3v) is 6.21. The molecule has 1 atom stereocenters. The number of aryl methyl sites for hydroxylation is 2. The van der Waals surface area contributed by atoms with E-state index in [9.17, 15) is 9.59 Å². The van der Waals surface area contributed by atoms with Crippen molar-refractivity contribution in [2.24, 2.45) is 7.05 Å². The first-order valence-electron chi connectivity index (χ1n) is 11.7. The second-order valence-corrected chi connectivity index (χ2v) is 8.59. The van der Waals surface area contributed by atoms with Crippen LogP contribution in [0.3, 0.4) is 0 Å². The highest BCUT2D eigenvalue weighted by Gasteiger charge is 2.20. The number of hydrogen-bond acceptors (Lipinski definition) is 4. The molecule has 0 amide bonds. The third kappa shape index (κ3) is 6.18. The van der Waals surface area contributed by atoms with Crippen molar-refractivity contribution in [3.05, 3.63) is 69.6 Å². The summed E-state index contributed by atoms with van der Waals surface area (Å²) in [5, 5.41) is 17.3. The molecule has 33 heavy (non-hydrogen) atoms. The first-order valence-corrected chi connectivity index (χ1v) is 11.7. The zero-order chi connectivity index (χ0) is 24.5. The van der Waals surface area contributed by atoms with Crippen molar-refractivity contribution in [3.8, 4) is 11.1 Å². The topological polar surface area (TPSA) is 79.5 Å². The lowest BCUT2D eigenvalue weighted by molar-refractivity contribution is -0.108. The molecular weight excluding hydrogens is 414 g/mol. The lowest BCUT2D eigenvalue weighted by atomic mass is 9.91. The number of nitrogens with zero attached hydrogens (tertiary/aromatic N) is 1. The number of aromatic nitrogens is 1. The molecule has 1 aliphatic carbocycles. The van der Waals surface area contributed by atoms with Crippen LogP contribution in [0.2, 0.25) is 0 Å². The van der Waals surface area contributed by atoms with Gasteiger partial charge in [0.2, 0.25) is 0 Å². The molecule has 0 radical (unpaired) electrons. The van der Waals surface area contributed by atoms with Gasteiger partial charge in [-0.05, 0) is 48.8 Å². The minimum Gasteiger partial charge on any atom is -0.400 e. The summed E-state index contributed by atoms with van der Waals surface area (Å²) >= 11 is 0. The van der Waals surface area contributed by atoms with E-state index in [1.54, 1.807) is 11.6 Å². The Hall–Kier alpha value is -2.76. The number of carbonyl (C=O) groups excluding carboxylic acids is 1. The van der Waals surface area contributed by atoms with Gasteiger partial charge in [0.25, 0.3) is 5.56 Å². The van der Waals surface area contributed by atoms with Gasteiger partial charge in [-0.3, -0.25) is 4.79 Å². The number of benzene rings is 2. The van der Waals surface area contributed by atoms with Crippen LogP contribution in [0.4, 0.5) is 0 Å². The highest BCUT2D eigenvalue weighted by atomic mass is 16.3. The van der Waals surface area contributed by atoms with Crippen LogP contribution in [0.1, 0.15) is 62.3 Å². The molecule has 1 heterocycles. The maximum Gasteiger partial charge on any atom is 0.258 e. The fourth-order valence-corrected chi connectivity index (χ4v) is 4.36. The molecule has 1 fully saturated rings. The monoisotopic (exact) mass is 451 g/mol. The molecule has 178 valence electrons. The Morgan fingerprint density at radius 2 is 1.67 bits per heavy atom. The van der Waals surface area contributed by atoms with E-state index in [1.807, 2.05) is 32.0 Å². The van der Waals surface area contributed by atoms with E-state index in [4.69, 9.17) is 10.2 Å². The predicted octanol–water partition coefficient (Wildman–Crippen LogP) is 4.91. The molecule has 0 saturated heterocycles. The van der Waals surface area contributed by atoms with Gasteiger partial charge in [-0.1, -0.05) is 68.7 Å². The molecule has 2 N–H and O–H groups in total. The van der Waals surface area contributed by atoms with E-state index in [0.717, 1.165) is 60.4 Å². The molecule has 1 aromatic heterocycles. The quantitative estimate of drug-likeness (QED) is 0.553. The Morgan fingerprint density at radius 3 is 2.15 bits per heavy atom. The standard InChI is InChI=1S/C22H23NO2.C5H10O.CH4O/c1-5-16-7-9-17(10-8-16)20-19-12-14(2)6-11-18(19)22(25)23(4)21(20)15(3)13-24;6-5-3-1-2-4-5;1-2/h6-13,15H,5H2,1-4H3;5-6H,1-4H2;2H,1H3. The van der Waals surface area contributed by atoms with Crippen molar-refractivity contribution >= 4 is 17.1 Å². The van der Waals surface area contributed by atoms with Gasteiger partial charge in [0.1, 0.15) is 6.29 Å². The van der Waals surface area contributed by atoms with Crippen molar-refractivity contribution in [2.45, 2.75) is 64.9 Å². The number of hydrogen-bond donors (Lipinski definition) is 2. The summed E-state index contributed by atoms with van der Waals surface area (Å²) in [5.41, 5.74) is 5.07. The predicted molar refractivity (Wildman–Crippen MR) is 136 cm³/mol. The van der Waals surface area contributed by atoms with Crippen LogP contribution in [-0.2, 0) is 18.3 Å². The summed E-state index contributed by atoms with van der Waals surface area (Å²) in [6, 6.07) is 14.3. The van der Waals surface area contributed by atoms with Gasteiger partial charge in [-0.2, -0.15) is 0 Å². The molecule has 1 aliphatic rings. The van der Waals surface area contributed by atoms with Crippen LogP contribution in [0.15, 0.2) is 47.3 Å². The van der Waals surface area contributed by atoms with E-state index in [1.165, 1.54) is 18.4 Å². The summed E-state index contributed by atoms with van der Waals surface area (Å²) in [5.74, 6) is -0.358. The molecule has 1 saturated carbocycles. The van der Waals surface area contributed by atoms with Crippen molar-refractivity contribution in [1.29, 1.82) is 0 Å². The van der Waals surface area contributed by atoms with Gasteiger partial charge in [-0.25, -0.2) is 0 Å². The average Bonchev–Trinajstić information content (AvgIpc) is 3.33. The molecule has 0 spiro atoms. The van der Waals surface area contributed by atoms with Gasteiger partial charge in [0, 0.05) is 30.8 Å². The average molecular weight is 452 g/mol. The molecule has 2 aromatic carbocycles. The maximum absolute atomic E-state index is 12.8. The Morgan fingerprint density at radius 1 is 1.06 bits per heavy atom. The number of carbonyl (C=O) groups is 1. The summed E-state index contributed by atoms with van der Waals surface area (Å²) < 4.78 is 1.62. The van der Waals surface area contributed by atoms with E-state index in [2.05, 4.69) is 31.2 Å². The van der Waals surface area contributed by atoms with Crippen LogP contribution >= 0.6 is 0 Å². The molecule has 5 heteroatoms. The van der Waals surface area contributed by atoms with E-state index < -0.39 is 0 Å². The SMILES string of the molecule is CCc1ccc(-c2c(C(C)C=O)n(C)c(=O)c3ccc(C)cc23)cc1.CO.OC1CCCC1. The van der Waals surface area contributed by atoms with Gasteiger partial charge >= 0.3 is 0 Å². The van der Waals surface area contributed by atoms with Gasteiger partial charge < -0.3 is 19.6 Å². The third-order valence-electron chi connectivity index (χ3n) is 6.21. The second-order valence-electron chi connectivity index (χ2n) is 8.59. The second kappa shape index (κ2) is 12.5. The van der Waals surface area contributed by atoms with Crippen molar-refractivity contribution < 1.29 is 15.0 Å². The van der Waals surface area contributed by atoms with E-state index in [-0.39, 0.29) is 17.6 Å². The van der Waals surface area contributed by atoms with Crippen LogP contribution in [0.25, 0.3) is 21.9 Å². The summed E-state index contributed by atoms with van der Waals surface area (Å²) in [4.78, 5) is 24.4. The Bertz CT molecular complexity index is 1110. The molecule has 5 nitrogen and oxygen atoms in total. The number of aliphatic hydroxyl groups is 2. The minimum absolute atomic E-state index is 0.0463. The molecule has 3 aromatic rings. The summed E-state index contributed by atoms with van der Waals surface area (Å²) in [7, 11) is 2.75. The number of aldehydes is 1. The highest BCUT2D eigenvalue weighted by Crippen LogP contribution is 2.34. The van der Waals surface area contributed by atoms with Crippen molar-refractivity contribution in [1.82, 2.24) is 4.57 Å². The number of pyridine rings is 1. The van der Waals surface area contributed by atoms with Crippen molar-refractivity contribution in [2.75, 3.05) is 7.11 Å². The maximum atomic E-state index is 12.8. The lowest BCUT2D eigenvalue weighted by Gasteiger charge is -2.20. The Kier molecular flexibility index (Phi) is 10.0. The fraction of sp³-hybridized carbons (Fsp3) is 0.429. The molecule has 4 rings (SSSR count). The van der Waals surface area contributed by atoms with Crippen LogP contribution < -0.4 is 5.56 Å². The first kappa shape index (κ1) is 26.5. The van der Waals surface area contributed by atoms with Gasteiger partial charge in [-0.15, -0.1) is 0 Å².